The minimum absolute atomic E-state index is 0.128. The fraction of sp³-hybridized carbons (Fsp3) is 0.435. The topological polar surface area (TPSA) is 88.8 Å². The zero-order valence-corrected chi connectivity index (χ0v) is 16.6. The number of rotatable bonds is 9. The molecule has 1 aliphatic rings. The molecule has 29 heavy (non-hydrogen) atoms. The van der Waals surface area contributed by atoms with E-state index in [1.165, 1.54) is 11.1 Å². The minimum Gasteiger partial charge on any atom is -0.489 e. The molecule has 0 aliphatic carbocycles. The molecule has 6 nitrogen and oxygen atoms in total. The molecule has 0 saturated carbocycles. The molecule has 0 unspecified atom stereocenters. The lowest BCUT2D eigenvalue weighted by atomic mass is 10.0. The predicted molar refractivity (Wildman–Crippen MR) is 111 cm³/mol. The molecule has 0 spiro atoms. The Hall–Kier alpha value is -2.43. The van der Waals surface area contributed by atoms with E-state index in [-0.39, 0.29) is 12.7 Å². The van der Waals surface area contributed by atoms with Crippen LogP contribution >= 0.6 is 0 Å². The average molecular weight is 396 g/mol. The number of hydrogen-bond acceptors (Lipinski definition) is 6. The van der Waals surface area contributed by atoms with E-state index < -0.39 is 6.10 Å². The zero-order valence-electron chi connectivity index (χ0n) is 16.6. The van der Waals surface area contributed by atoms with Crippen LogP contribution in [0.1, 0.15) is 29.5 Å². The van der Waals surface area contributed by atoms with Gasteiger partial charge in [0.15, 0.2) is 0 Å². The molecule has 1 fully saturated rings. The van der Waals surface area contributed by atoms with Crippen molar-refractivity contribution in [2.75, 3.05) is 26.2 Å². The molecule has 1 aliphatic heterocycles. The third-order valence-corrected chi connectivity index (χ3v) is 5.20. The van der Waals surface area contributed by atoms with E-state index in [1.54, 1.807) is 24.3 Å². The van der Waals surface area contributed by atoms with Crippen LogP contribution in [0.4, 0.5) is 0 Å². The fourth-order valence-corrected chi connectivity index (χ4v) is 3.51. The number of aliphatic hydroxyl groups is 2. The average Bonchev–Trinajstić information content (AvgIpc) is 2.75. The number of ether oxygens (including phenoxy) is 1. The summed E-state index contributed by atoms with van der Waals surface area (Å²) in [6.45, 7) is 3.91. The molecule has 3 N–H and O–H groups in total. The van der Waals surface area contributed by atoms with Gasteiger partial charge in [-0.2, -0.15) is 5.26 Å². The first-order chi connectivity index (χ1) is 14.2. The number of likely N-dealkylation sites (tertiary alicyclic amines) is 1. The van der Waals surface area contributed by atoms with Crippen molar-refractivity contribution in [3.8, 4) is 11.8 Å². The van der Waals surface area contributed by atoms with Crippen molar-refractivity contribution in [2.24, 2.45) is 0 Å². The van der Waals surface area contributed by atoms with Gasteiger partial charge in [0.05, 0.1) is 11.7 Å². The lowest BCUT2D eigenvalue weighted by Crippen LogP contribution is -2.36. The van der Waals surface area contributed by atoms with Gasteiger partial charge in [-0.25, -0.2) is 0 Å². The summed E-state index contributed by atoms with van der Waals surface area (Å²) < 4.78 is 5.59. The summed E-state index contributed by atoms with van der Waals surface area (Å²) in [5.74, 6) is 0.492. The Morgan fingerprint density at radius 2 is 1.79 bits per heavy atom. The van der Waals surface area contributed by atoms with Crippen molar-refractivity contribution < 1.29 is 14.9 Å². The molecule has 0 radical (unpaired) electrons. The Kier molecular flexibility index (Phi) is 8.03. The summed E-state index contributed by atoms with van der Waals surface area (Å²) in [5, 5.41) is 32.3. The number of hydrogen-bond donors (Lipinski definition) is 3. The molecule has 6 heteroatoms. The van der Waals surface area contributed by atoms with Crippen LogP contribution in [0.5, 0.6) is 5.75 Å². The molecule has 1 atom stereocenters. The quantitative estimate of drug-likeness (QED) is 0.602. The van der Waals surface area contributed by atoms with Gasteiger partial charge in [-0.1, -0.05) is 36.4 Å². The maximum Gasteiger partial charge on any atom is 0.137 e. The van der Waals surface area contributed by atoms with Crippen molar-refractivity contribution in [1.82, 2.24) is 10.2 Å². The van der Waals surface area contributed by atoms with Gasteiger partial charge in [0, 0.05) is 32.7 Å². The number of benzene rings is 2. The first-order valence-electron chi connectivity index (χ1n) is 10.1. The highest BCUT2D eigenvalue weighted by atomic mass is 16.5. The van der Waals surface area contributed by atoms with E-state index in [1.807, 2.05) is 12.1 Å². The van der Waals surface area contributed by atoms with E-state index >= 15 is 0 Å². The summed E-state index contributed by atoms with van der Waals surface area (Å²) in [6.07, 6.45) is 0.841. The standard InChI is InChI=1S/C23H29N3O3/c24-13-18-5-3-4-8-23(18)29-17-22(28)15-25-14-19-6-1-2-7-20(19)16-26-11-9-21(27)10-12-26/h1-8,21-22,25,27-28H,9-12,14-17H2/t22-/m0/s1. The molecule has 1 heterocycles. The number of nitrogens with zero attached hydrogens (tertiary/aromatic N) is 2. The van der Waals surface area contributed by atoms with Crippen molar-refractivity contribution >= 4 is 0 Å². The van der Waals surface area contributed by atoms with E-state index in [0.29, 0.717) is 24.4 Å². The second-order valence-corrected chi connectivity index (χ2v) is 7.48. The summed E-state index contributed by atoms with van der Waals surface area (Å²) in [4.78, 5) is 2.38. The maximum atomic E-state index is 10.2. The van der Waals surface area contributed by atoms with Crippen LogP contribution in [0.25, 0.3) is 0 Å². The summed E-state index contributed by atoms with van der Waals surface area (Å²) in [6, 6.07) is 17.4. The number of piperidine rings is 1. The monoisotopic (exact) mass is 395 g/mol. The van der Waals surface area contributed by atoms with Crippen molar-refractivity contribution in [3.05, 3.63) is 65.2 Å². The smallest absolute Gasteiger partial charge is 0.137 e. The lowest BCUT2D eigenvalue weighted by Gasteiger charge is -2.30. The van der Waals surface area contributed by atoms with E-state index in [0.717, 1.165) is 32.5 Å². The molecule has 2 aromatic carbocycles. The zero-order chi connectivity index (χ0) is 20.5. The van der Waals surface area contributed by atoms with Gasteiger partial charge in [-0.05, 0) is 36.1 Å². The van der Waals surface area contributed by atoms with Gasteiger partial charge in [-0.15, -0.1) is 0 Å². The van der Waals surface area contributed by atoms with Crippen LogP contribution in [-0.2, 0) is 13.1 Å². The molecule has 2 aromatic rings. The second-order valence-electron chi connectivity index (χ2n) is 7.48. The molecular weight excluding hydrogens is 366 g/mol. The summed E-state index contributed by atoms with van der Waals surface area (Å²) in [5.41, 5.74) is 2.94. The van der Waals surface area contributed by atoms with E-state index in [2.05, 4.69) is 28.4 Å². The van der Waals surface area contributed by atoms with Crippen LogP contribution in [-0.4, -0.2) is 53.6 Å². The Labute approximate surface area is 172 Å². The van der Waals surface area contributed by atoms with Gasteiger partial charge in [0.2, 0.25) is 0 Å². The van der Waals surface area contributed by atoms with Crippen LogP contribution in [0.15, 0.2) is 48.5 Å². The normalized spacial score (nSPS) is 16.3. The summed E-state index contributed by atoms with van der Waals surface area (Å²) in [7, 11) is 0. The van der Waals surface area contributed by atoms with Gasteiger partial charge in [0.25, 0.3) is 0 Å². The number of nitriles is 1. The first-order valence-corrected chi connectivity index (χ1v) is 10.1. The van der Waals surface area contributed by atoms with E-state index in [4.69, 9.17) is 10.00 Å². The number of nitrogens with one attached hydrogen (secondary N) is 1. The SMILES string of the molecule is N#Cc1ccccc1OC[C@@H](O)CNCc1ccccc1CN1CCC(O)CC1. The van der Waals surface area contributed by atoms with Crippen LogP contribution in [0, 0.1) is 11.3 Å². The highest BCUT2D eigenvalue weighted by Gasteiger charge is 2.17. The second kappa shape index (κ2) is 10.9. The van der Waals surface area contributed by atoms with Crippen LogP contribution in [0.3, 0.4) is 0 Å². The van der Waals surface area contributed by atoms with Crippen molar-refractivity contribution in [3.63, 3.8) is 0 Å². The molecule has 0 amide bonds. The number of aliphatic hydroxyl groups excluding tert-OH is 2. The highest BCUT2D eigenvalue weighted by Crippen LogP contribution is 2.18. The molecule has 154 valence electrons. The maximum absolute atomic E-state index is 10.2. The Bertz CT molecular complexity index is 813. The molecule has 3 rings (SSSR count). The highest BCUT2D eigenvalue weighted by molar-refractivity contribution is 5.42. The lowest BCUT2D eigenvalue weighted by molar-refractivity contribution is 0.0791. The minimum atomic E-state index is -0.669. The Morgan fingerprint density at radius 1 is 1.10 bits per heavy atom. The van der Waals surface area contributed by atoms with Crippen molar-refractivity contribution in [1.29, 1.82) is 5.26 Å². The largest absolute Gasteiger partial charge is 0.489 e. The summed E-state index contributed by atoms with van der Waals surface area (Å²) >= 11 is 0. The Balaban J connectivity index is 1.45. The molecule has 0 bridgehead atoms. The van der Waals surface area contributed by atoms with Crippen molar-refractivity contribution in [2.45, 2.75) is 38.1 Å². The van der Waals surface area contributed by atoms with Crippen LogP contribution in [0.2, 0.25) is 0 Å². The van der Waals surface area contributed by atoms with Gasteiger partial charge >= 0.3 is 0 Å². The predicted octanol–water partition coefficient (Wildman–Crippen LogP) is 2.04. The molecule has 1 saturated heterocycles. The van der Waals surface area contributed by atoms with Gasteiger partial charge in [0.1, 0.15) is 24.5 Å². The van der Waals surface area contributed by atoms with Gasteiger partial charge < -0.3 is 20.3 Å². The first kappa shape index (κ1) is 21.3. The molecular formula is C23H29N3O3. The molecule has 0 aromatic heterocycles. The third-order valence-electron chi connectivity index (χ3n) is 5.20. The van der Waals surface area contributed by atoms with Crippen LogP contribution < -0.4 is 10.1 Å². The van der Waals surface area contributed by atoms with E-state index in [9.17, 15) is 10.2 Å². The Morgan fingerprint density at radius 3 is 2.55 bits per heavy atom. The number of para-hydroxylation sites is 1. The fourth-order valence-electron chi connectivity index (χ4n) is 3.51. The third kappa shape index (κ3) is 6.55. The van der Waals surface area contributed by atoms with Gasteiger partial charge in [-0.3, -0.25) is 4.90 Å².